The number of nitrogens with zero attached hydrogens (tertiary/aromatic N) is 2. The lowest BCUT2D eigenvalue weighted by atomic mass is 10.1. The van der Waals surface area contributed by atoms with Crippen LogP contribution in [-0.4, -0.2) is 46.6 Å². The van der Waals surface area contributed by atoms with E-state index in [1.807, 2.05) is 43.0 Å². The predicted octanol–water partition coefficient (Wildman–Crippen LogP) is 2.28. The number of ether oxygens (including phenoxy) is 1. The van der Waals surface area contributed by atoms with E-state index in [-0.39, 0.29) is 17.9 Å². The highest BCUT2D eigenvalue weighted by atomic mass is 16.5. The second kappa shape index (κ2) is 8.91. The van der Waals surface area contributed by atoms with Gasteiger partial charge in [-0.1, -0.05) is 12.1 Å². The molecule has 1 unspecified atom stereocenters. The van der Waals surface area contributed by atoms with Gasteiger partial charge in [0.1, 0.15) is 5.75 Å². The van der Waals surface area contributed by atoms with Crippen LogP contribution in [0.5, 0.6) is 5.75 Å². The summed E-state index contributed by atoms with van der Waals surface area (Å²) < 4.78 is 5.26. The number of aromatic amines is 1. The number of carbonyl (C=O) groups is 2. The van der Waals surface area contributed by atoms with Crippen LogP contribution in [0, 0.1) is 13.8 Å². The van der Waals surface area contributed by atoms with Gasteiger partial charge in [0.15, 0.2) is 0 Å². The minimum atomic E-state index is -0.0219. The van der Waals surface area contributed by atoms with Crippen molar-refractivity contribution in [2.45, 2.75) is 52.1 Å². The summed E-state index contributed by atoms with van der Waals surface area (Å²) in [6, 6.07) is 7.78. The molecule has 0 spiro atoms. The third kappa shape index (κ3) is 4.91. The highest BCUT2D eigenvalue weighted by molar-refractivity contribution is 5.80. The number of carbonyl (C=O) groups excluding carboxylic acids is 2. The molecule has 28 heavy (non-hydrogen) atoms. The van der Waals surface area contributed by atoms with Crippen molar-refractivity contribution >= 4 is 11.8 Å². The summed E-state index contributed by atoms with van der Waals surface area (Å²) in [7, 11) is 1.63. The summed E-state index contributed by atoms with van der Waals surface area (Å²) in [5, 5.41) is 10.1. The van der Waals surface area contributed by atoms with Crippen LogP contribution in [-0.2, 0) is 22.6 Å². The van der Waals surface area contributed by atoms with E-state index in [1.54, 1.807) is 7.11 Å². The van der Waals surface area contributed by atoms with Crippen LogP contribution in [0.1, 0.15) is 41.8 Å². The van der Waals surface area contributed by atoms with Crippen molar-refractivity contribution < 1.29 is 14.3 Å². The fraction of sp³-hybridized carbons (Fsp3) is 0.476. The molecule has 7 heteroatoms. The van der Waals surface area contributed by atoms with Gasteiger partial charge in [0.25, 0.3) is 0 Å². The third-order valence-electron chi connectivity index (χ3n) is 5.30. The Morgan fingerprint density at radius 2 is 2.18 bits per heavy atom. The van der Waals surface area contributed by atoms with E-state index >= 15 is 0 Å². The van der Waals surface area contributed by atoms with Crippen LogP contribution in [0.15, 0.2) is 24.3 Å². The van der Waals surface area contributed by atoms with Crippen LogP contribution >= 0.6 is 0 Å². The molecular weight excluding hydrogens is 356 g/mol. The lowest BCUT2D eigenvalue weighted by molar-refractivity contribution is -0.131. The van der Waals surface area contributed by atoms with Gasteiger partial charge >= 0.3 is 0 Å². The second-order valence-electron chi connectivity index (χ2n) is 7.35. The zero-order chi connectivity index (χ0) is 20.1. The normalized spacial score (nSPS) is 17.3. The van der Waals surface area contributed by atoms with Crippen molar-refractivity contribution in [3.05, 3.63) is 46.8 Å². The summed E-state index contributed by atoms with van der Waals surface area (Å²) >= 11 is 0. The van der Waals surface area contributed by atoms with Gasteiger partial charge in [0.2, 0.25) is 11.8 Å². The maximum Gasteiger partial charge on any atom is 0.224 e. The third-order valence-corrected chi connectivity index (χ3v) is 5.30. The first-order valence-corrected chi connectivity index (χ1v) is 9.66. The Bertz CT molecular complexity index is 826. The molecule has 150 valence electrons. The Labute approximate surface area is 165 Å². The van der Waals surface area contributed by atoms with E-state index in [0.29, 0.717) is 32.4 Å². The van der Waals surface area contributed by atoms with E-state index in [9.17, 15) is 9.59 Å². The smallest absolute Gasteiger partial charge is 0.224 e. The SMILES string of the molecule is COc1cccc(CN2CCC(NC(=O)Cc3c(C)n[nH]c3C)CCC2=O)c1. The van der Waals surface area contributed by atoms with E-state index in [1.165, 1.54) is 0 Å². The Morgan fingerprint density at radius 1 is 1.36 bits per heavy atom. The number of hydrogen-bond acceptors (Lipinski definition) is 4. The van der Waals surface area contributed by atoms with E-state index in [0.717, 1.165) is 34.7 Å². The number of rotatable bonds is 6. The molecule has 1 atom stereocenters. The molecule has 0 aliphatic carbocycles. The lowest BCUT2D eigenvalue weighted by Crippen LogP contribution is -2.36. The number of H-pyrrole nitrogens is 1. The molecule has 1 aliphatic heterocycles. The van der Waals surface area contributed by atoms with Crippen molar-refractivity contribution in [3.8, 4) is 5.75 Å². The van der Waals surface area contributed by atoms with Crippen LogP contribution in [0.25, 0.3) is 0 Å². The fourth-order valence-electron chi connectivity index (χ4n) is 3.61. The highest BCUT2D eigenvalue weighted by Gasteiger charge is 2.24. The molecule has 1 saturated heterocycles. The monoisotopic (exact) mass is 384 g/mol. The molecule has 2 N–H and O–H groups in total. The Morgan fingerprint density at radius 3 is 2.89 bits per heavy atom. The maximum absolute atomic E-state index is 12.5. The van der Waals surface area contributed by atoms with Gasteiger partial charge in [0, 0.05) is 36.8 Å². The van der Waals surface area contributed by atoms with Crippen LogP contribution < -0.4 is 10.1 Å². The topological polar surface area (TPSA) is 87.3 Å². The fourth-order valence-corrected chi connectivity index (χ4v) is 3.61. The predicted molar refractivity (Wildman–Crippen MR) is 106 cm³/mol. The molecule has 0 saturated carbocycles. The number of methoxy groups -OCH3 is 1. The van der Waals surface area contributed by atoms with Crippen molar-refractivity contribution in [3.63, 3.8) is 0 Å². The van der Waals surface area contributed by atoms with Crippen LogP contribution in [0.2, 0.25) is 0 Å². The quantitative estimate of drug-likeness (QED) is 0.800. The number of amides is 2. The zero-order valence-electron chi connectivity index (χ0n) is 16.7. The summed E-state index contributed by atoms with van der Waals surface area (Å²) in [4.78, 5) is 26.8. The molecule has 0 radical (unpaired) electrons. The standard InChI is InChI=1S/C21H28N4O3/c1-14-19(15(2)24-23-14)12-20(26)22-17-7-8-21(27)25(10-9-17)13-16-5-4-6-18(11-16)28-3/h4-6,11,17H,7-10,12-13H2,1-3H3,(H,22,26)(H,23,24). The van der Waals surface area contributed by atoms with Crippen LogP contribution in [0.4, 0.5) is 0 Å². The van der Waals surface area contributed by atoms with E-state index in [4.69, 9.17) is 4.74 Å². The van der Waals surface area contributed by atoms with Gasteiger partial charge in [-0.05, 0) is 44.4 Å². The summed E-state index contributed by atoms with van der Waals surface area (Å²) in [6.45, 7) is 5.01. The van der Waals surface area contributed by atoms with E-state index in [2.05, 4.69) is 15.5 Å². The molecule has 0 bridgehead atoms. The van der Waals surface area contributed by atoms with Gasteiger partial charge < -0.3 is 15.0 Å². The lowest BCUT2D eigenvalue weighted by Gasteiger charge is -2.21. The molecule has 2 heterocycles. The first-order chi connectivity index (χ1) is 13.5. The van der Waals surface area contributed by atoms with E-state index < -0.39 is 0 Å². The molecular formula is C21H28N4O3. The van der Waals surface area contributed by atoms with Gasteiger partial charge in [0.05, 0.1) is 19.2 Å². The summed E-state index contributed by atoms with van der Waals surface area (Å²) in [6.07, 6.45) is 2.18. The second-order valence-corrected chi connectivity index (χ2v) is 7.35. The van der Waals surface area contributed by atoms with Gasteiger partial charge in [-0.2, -0.15) is 5.10 Å². The number of aryl methyl sites for hydroxylation is 2. The molecule has 2 aromatic rings. The molecule has 3 rings (SSSR count). The van der Waals surface area contributed by atoms with Crippen molar-refractivity contribution in [1.82, 2.24) is 20.4 Å². The Balaban J connectivity index is 1.56. The minimum absolute atomic E-state index is 0.0132. The molecule has 1 aliphatic rings. The van der Waals surface area contributed by atoms with Gasteiger partial charge in [-0.15, -0.1) is 0 Å². The molecule has 7 nitrogen and oxygen atoms in total. The minimum Gasteiger partial charge on any atom is -0.497 e. The van der Waals surface area contributed by atoms with Gasteiger partial charge in [-0.3, -0.25) is 14.7 Å². The number of likely N-dealkylation sites (tertiary alicyclic amines) is 1. The number of hydrogen-bond donors (Lipinski definition) is 2. The summed E-state index contributed by atoms with van der Waals surface area (Å²) in [5.74, 6) is 0.891. The molecule has 1 fully saturated rings. The van der Waals surface area contributed by atoms with Crippen molar-refractivity contribution in [2.75, 3.05) is 13.7 Å². The first-order valence-electron chi connectivity index (χ1n) is 9.66. The number of aromatic nitrogens is 2. The molecule has 1 aromatic carbocycles. The molecule has 1 aromatic heterocycles. The highest BCUT2D eigenvalue weighted by Crippen LogP contribution is 2.19. The van der Waals surface area contributed by atoms with Crippen molar-refractivity contribution in [1.29, 1.82) is 0 Å². The zero-order valence-corrected chi connectivity index (χ0v) is 16.7. The van der Waals surface area contributed by atoms with Crippen LogP contribution in [0.3, 0.4) is 0 Å². The van der Waals surface area contributed by atoms with Gasteiger partial charge in [-0.25, -0.2) is 0 Å². The molecule has 2 amide bonds. The Kier molecular flexibility index (Phi) is 6.34. The number of nitrogens with one attached hydrogen (secondary N) is 2. The maximum atomic E-state index is 12.5. The average molecular weight is 384 g/mol. The summed E-state index contributed by atoms with van der Waals surface area (Å²) in [5.41, 5.74) is 3.77. The van der Waals surface area contributed by atoms with Crippen molar-refractivity contribution in [2.24, 2.45) is 0 Å². The number of benzene rings is 1. The Hall–Kier alpha value is -2.83. The average Bonchev–Trinajstić information content (AvgIpc) is 2.89. The first kappa shape index (κ1) is 19.9. The largest absolute Gasteiger partial charge is 0.497 e.